The first-order valence-corrected chi connectivity index (χ1v) is 12.7. The maximum atomic E-state index is 15.9. The van der Waals surface area contributed by atoms with Gasteiger partial charge in [0.05, 0.1) is 11.6 Å². The Morgan fingerprint density at radius 3 is 2.52 bits per heavy atom. The number of hydrogen-bond acceptors (Lipinski definition) is 9. The van der Waals surface area contributed by atoms with E-state index in [1.165, 1.54) is 31.1 Å². The van der Waals surface area contributed by atoms with E-state index >= 15 is 4.39 Å². The Morgan fingerprint density at radius 1 is 1.20 bits per heavy atom. The van der Waals surface area contributed by atoms with Crippen LogP contribution in [0.2, 0.25) is 0 Å². The third-order valence-electron chi connectivity index (χ3n) is 8.29. The number of nitrogens with two attached hydrogens (primary N) is 1. The van der Waals surface area contributed by atoms with Crippen molar-refractivity contribution < 1.29 is 43.6 Å². The average Bonchev–Trinajstić information content (AvgIpc) is 2.89. The van der Waals surface area contributed by atoms with E-state index in [-0.39, 0.29) is 47.8 Å². The molecule has 0 saturated carbocycles. The lowest BCUT2D eigenvalue weighted by Gasteiger charge is -2.50. The summed E-state index contributed by atoms with van der Waals surface area (Å²) in [6.45, 7) is -0.264. The van der Waals surface area contributed by atoms with Crippen LogP contribution in [-0.2, 0) is 22.6 Å². The summed E-state index contributed by atoms with van der Waals surface area (Å²) in [5, 5.41) is 47.9. The second kappa shape index (κ2) is 9.65. The number of allylic oxidation sites excluding steroid dienone is 1. The molecule has 2 aromatic rings. The van der Waals surface area contributed by atoms with E-state index in [4.69, 9.17) is 5.73 Å². The third-order valence-corrected chi connectivity index (χ3v) is 8.29. The van der Waals surface area contributed by atoms with Crippen molar-refractivity contribution >= 4 is 28.2 Å². The number of phenols is 1. The van der Waals surface area contributed by atoms with E-state index in [9.17, 15) is 39.2 Å². The van der Waals surface area contributed by atoms with Crippen molar-refractivity contribution in [1.29, 1.82) is 0 Å². The number of ketones is 2. The quantitative estimate of drug-likeness (QED) is 0.227. The number of nitrogens with zero attached hydrogens (tertiary/aromatic N) is 1. The van der Waals surface area contributed by atoms with E-state index in [1.54, 1.807) is 6.07 Å². The third kappa shape index (κ3) is 3.74. The minimum absolute atomic E-state index is 0.0281. The number of benzene rings is 2. The lowest BCUT2D eigenvalue weighted by molar-refractivity contribution is -0.148. The molecule has 0 bridgehead atoms. The van der Waals surface area contributed by atoms with E-state index in [0.717, 1.165) is 0 Å². The molecule has 7 N–H and O–H groups in total. The van der Waals surface area contributed by atoms with Crippen molar-refractivity contribution in [3.63, 3.8) is 0 Å². The molecule has 12 heteroatoms. The molecule has 212 valence electrons. The minimum atomic E-state index is -2.77. The number of primary amides is 1. The van der Waals surface area contributed by atoms with Gasteiger partial charge in [-0.05, 0) is 44.5 Å². The fraction of sp³-hybridized carbons (Fsp3) is 0.393. The highest BCUT2D eigenvalue weighted by Gasteiger charge is 2.63. The SMILES string of the molecule is CN(C)[C@@H]1C(O)=C(C(N)=O)C(=O)[C@@]2(O)C(O)=C3C(=O)c4c(c(F)c5ccc(CNCCF)cc5c4O)C[C@H]3C[C@@H]12. The van der Waals surface area contributed by atoms with E-state index in [2.05, 4.69) is 5.32 Å². The molecule has 0 unspecified atom stereocenters. The van der Waals surface area contributed by atoms with Gasteiger partial charge >= 0.3 is 0 Å². The summed E-state index contributed by atoms with van der Waals surface area (Å²) in [4.78, 5) is 40.7. The molecule has 3 aliphatic carbocycles. The second-order valence-corrected chi connectivity index (χ2v) is 10.7. The number of aliphatic hydroxyl groups is 3. The highest BCUT2D eigenvalue weighted by Crippen LogP contribution is 2.53. The van der Waals surface area contributed by atoms with Crippen molar-refractivity contribution in [2.45, 2.75) is 31.0 Å². The molecule has 1 amide bonds. The molecule has 0 heterocycles. The first kappa shape index (κ1) is 27.7. The van der Waals surface area contributed by atoms with Gasteiger partial charge in [0.1, 0.15) is 35.3 Å². The molecular weight excluding hydrogens is 528 g/mol. The van der Waals surface area contributed by atoms with Crippen LogP contribution in [-0.4, -0.2) is 81.8 Å². The number of amides is 1. The normalized spacial score (nSPS) is 26.3. The van der Waals surface area contributed by atoms with Gasteiger partial charge in [0.15, 0.2) is 11.4 Å². The zero-order valence-corrected chi connectivity index (χ0v) is 21.8. The van der Waals surface area contributed by atoms with Gasteiger partial charge in [0, 0.05) is 40.9 Å². The van der Waals surface area contributed by atoms with Crippen LogP contribution in [0.3, 0.4) is 0 Å². The van der Waals surface area contributed by atoms with Gasteiger partial charge < -0.3 is 31.5 Å². The van der Waals surface area contributed by atoms with Crippen molar-refractivity contribution in [2.75, 3.05) is 27.3 Å². The number of fused-ring (bicyclic) bond motifs is 4. The first-order chi connectivity index (χ1) is 18.9. The molecule has 0 radical (unpaired) electrons. The van der Waals surface area contributed by atoms with Crippen molar-refractivity contribution in [3.8, 4) is 5.75 Å². The number of Topliss-reactive ketones (excluding diaryl/α,β-unsaturated/α-hetero) is 2. The number of alkyl halides is 1. The lowest BCUT2D eigenvalue weighted by Crippen LogP contribution is -2.63. The zero-order chi connectivity index (χ0) is 29.3. The Morgan fingerprint density at radius 2 is 1.90 bits per heavy atom. The van der Waals surface area contributed by atoms with E-state index in [0.29, 0.717) is 5.56 Å². The molecule has 0 saturated heterocycles. The number of nitrogens with one attached hydrogen (secondary N) is 1. The number of carbonyl (C=O) groups excluding carboxylic acids is 3. The Hall–Kier alpha value is -3.87. The molecular formula is C28H29F2N3O7. The Balaban J connectivity index is 1.69. The molecule has 0 aliphatic heterocycles. The Labute approximate surface area is 227 Å². The summed E-state index contributed by atoms with van der Waals surface area (Å²) in [5.41, 5.74) is 1.41. The molecule has 5 rings (SSSR count). The van der Waals surface area contributed by atoms with Crippen LogP contribution < -0.4 is 11.1 Å². The maximum absolute atomic E-state index is 15.9. The van der Waals surface area contributed by atoms with Crippen molar-refractivity contribution in [1.82, 2.24) is 10.2 Å². The van der Waals surface area contributed by atoms with Crippen LogP contribution in [0.25, 0.3) is 10.8 Å². The molecule has 0 aromatic heterocycles. The molecule has 40 heavy (non-hydrogen) atoms. The molecule has 3 aliphatic rings. The van der Waals surface area contributed by atoms with Crippen LogP contribution in [0.1, 0.15) is 27.9 Å². The van der Waals surface area contributed by atoms with Gasteiger partial charge in [-0.15, -0.1) is 0 Å². The van der Waals surface area contributed by atoms with Crippen LogP contribution in [0, 0.1) is 17.7 Å². The standard InChI is InChI=1S/C28H29F2N3O7/c1-33(2)21-16-9-12-8-15-18(22(34)14-7-11(10-32-6-5-29)3-4-13(14)20(15)30)23(35)17(12)25(37)28(16,40)26(38)19(24(21)36)27(31)39/h3-4,7,12,16,21,32,34,36-37,40H,5-6,8-10H2,1-2H3,(H2,31,39)/t12-,16-,21-,28-/m0/s1. The largest absolute Gasteiger partial charge is 0.510 e. The van der Waals surface area contributed by atoms with Gasteiger partial charge in [-0.2, -0.15) is 0 Å². The highest BCUT2D eigenvalue weighted by molar-refractivity contribution is 6.25. The fourth-order valence-corrected chi connectivity index (χ4v) is 6.52. The van der Waals surface area contributed by atoms with Crippen LogP contribution in [0.15, 0.2) is 40.9 Å². The van der Waals surface area contributed by atoms with Crippen molar-refractivity contribution in [3.05, 3.63) is 63.4 Å². The van der Waals surface area contributed by atoms with Gasteiger partial charge in [-0.3, -0.25) is 19.3 Å². The summed E-state index contributed by atoms with van der Waals surface area (Å²) in [7, 11) is 3.05. The number of rotatable bonds is 6. The number of phenolic OH excluding ortho intramolecular Hbond substituents is 1. The van der Waals surface area contributed by atoms with Crippen LogP contribution in [0.4, 0.5) is 8.78 Å². The Kier molecular flexibility index (Phi) is 6.68. The number of aliphatic hydroxyl groups excluding tert-OH is 2. The van der Waals surface area contributed by atoms with Gasteiger partial charge in [-0.1, -0.05) is 12.1 Å². The summed E-state index contributed by atoms with van der Waals surface area (Å²) >= 11 is 0. The fourth-order valence-electron chi connectivity index (χ4n) is 6.52. The van der Waals surface area contributed by atoms with Crippen molar-refractivity contribution in [2.24, 2.45) is 17.6 Å². The smallest absolute Gasteiger partial charge is 0.255 e. The van der Waals surface area contributed by atoms with Gasteiger partial charge in [0.25, 0.3) is 5.91 Å². The predicted octanol–water partition coefficient (Wildman–Crippen LogP) is 1.47. The van der Waals surface area contributed by atoms with Crippen LogP contribution >= 0.6 is 0 Å². The van der Waals surface area contributed by atoms with E-state index < -0.39 is 81.8 Å². The van der Waals surface area contributed by atoms with E-state index in [1.807, 2.05) is 0 Å². The lowest BCUT2D eigenvalue weighted by atomic mass is 9.58. The number of likely N-dealkylation sites (N-methyl/N-ethyl adjacent to an activating group) is 1. The van der Waals surface area contributed by atoms with Gasteiger partial charge in [0.2, 0.25) is 5.78 Å². The number of aromatic hydroxyl groups is 1. The average molecular weight is 558 g/mol. The number of carbonyl (C=O) groups is 3. The summed E-state index contributed by atoms with van der Waals surface area (Å²) in [6, 6.07) is 3.41. The molecule has 10 nitrogen and oxygen atoms in total. The second-order valence-electron chi connectivity index (χ2n) is 10.7. The van der Waals surface area contributed by atoms with Gasteiger partial charge in [-0.25, -0.2) is 8.78 Å². The first-order valence-electron chi connectivity index (χ1n) is 12.7. The zero-order valence-electron chi connectivity index (χ0n) is 21.8. The predicted molar refractivity (Wildman–Crippen MR) is 139 cm³/mol. The molecule has 2 aromatic carbocycles. The molecule has 0 spiro atoms. The topological polar surface area (TPSA) is 173 Å². The summed E-state index contributed by atoms with van der Waals surface area (Å²) in [5.74, 6) is -8.67. The number of halogens is 2. The number of hydrogen-bond donors (Lipinski definition) is 6. The van der Waals surface area contributed by atoms with Crippen LogP contribution in [0.5, 0.6) is 5.75 Å². The molecule has 4 atom stereocenters. The minimum Gasteiger partial charge on any atom is -0.510 e. The molecule has 0 fully saturated rings. The monoisotopic (exact) mass is 557 g/mol. The maximum Gasteiger partial charge on any atom is 0.255 e. The summed E-state index contributed by atoms with van der Waals surface area (Å²) < 4.78 is 28.3. The summed E-state index contributed by atoms with van der Waals surface area (Å²) in [6.07, 6.45) is -0.285. The Bertz CT molecular complexity index is 1550. The highest BCUT2D eigenvalue weighted by atomic mass is 19.1.